The van der Waals surface area contributed by atoms with Gasteiger partial charge in [-0.25, -0.2) is 0 Å². The van der Waals surface area contributed by atoms with Crippen molar-refractivity contribution in [1.82, 2.24) is 0 Å². The van der Waals surface area contributed by atoms with Crippen LogP contribution in [-0.4, -0.2) is 23.5 Å². The lowest BCUT2D eigenvalue weighted by Crippen LogP contribution is -2.10. The van der Waals surface area contributed by atoms with Crippen molar-refractivity contribution >= 4 is 13.2 Å². The summed E-state index contributed by atoms with van der Waals surface area (Å²) in [7, 11) is 0.0736. The average molecular weight is 222 g/mol. The zero-order valence-electron chi connectivity index (χ0n) is 9.10. The van der Waals surface area contributed by atoms with Gasteiger partial charge in [0.1, 0.15) is 0 Å². The van der Waals surface area contributed by atoms with E-state index in [9.17, 15) is 0 Å². The van der Waals surface area contributed by atoms with Crippen molar-refractivity contribution in [3.63, 3.8) is 0 Å². The molecule has 1 aromatic carbocycles. The van der Waals surface area contributed by atoms with Gasteiger partial charge in [0, 0.05) is 6.61 Å². The van der Waals surface area contributed by atoms with E-state index in [1.54, 1.807) is 5.30 Å². The van der Waals surface area contributed by atoms with Crippen LogP contribution in [0.5, 0.6) is 0 Å². The Morgan fingerprint density at radius 3 is 2.80 bits per heavy atom. The monoisotopic (exact) mass is 222 g/mol. The van der Waals surface area contributed by atoms with Gasteiger partial charge in [0.2, 0.25) is 0 Å². The first-order chi connectivity index (χ1) is 7.42. The first-order valence-electron chi connectivity index (χ1n) is 5.84. The summed E-state index contributed by atoms with van der Waals surface area (Å²) in [6.07, 6.45) is 6.36. The van der Waals surface area contributed by atoms with Gasteiger partial charge in [-0.2, -0.15) is 0 Å². The minimum Gasteiger partial charge on any atom is -0.396 e. The molecule has 1 aromatic rings. The fourth-order valence-electron chi connectivity index (χ4n) is 2.42. The molecule has 1 aliphatic heterocycles. The van der Waals surface area contributed by atoms with E-state index in [-0.39, 0.29) is 7.92 Å². The number of hydrogen-bond acceptors (Lipinski definition) is 1. The van der Waals surface area contributed by atoms with Gasteiger partial charge in [-0.1, -0.05) is 38.3 Å². The molecule has 15 heavy (non-hydrogen) atoms. The van der Waals surface area contributed by atoms with Crippen molar-refractivity contribution in [3.05, 3.63) is 30.3 Å². The van der Waals surface area contributed by atoms with Crippen LogP contribution < -0.4 is 5.30 Å². The predicted octanol–water partition coefficient (Wildman–Crippen LogP) is 2.73. The normalized spacial score (nSPS) is 25.7. The number of aliphatic hydroxyl groups is 1. The largest absolute Gasteiger partial charge is 0.396 e. The summed E-state index contributed by atoms with van der Waals surface area (Å²) in [6, 6.07) is 11.0. The smallest absolute Gasteiger partial charge is 0.0431 e. The molecule has 1 N–H and O–H groups in total. The molecule has 2 heteroatoms. The number of benzene rings is 1. The van der Waals surface area contributed by atoms with E-state index in [0.29, 0.717) is 6.61 Å². The van der Waals surface area contributed by atoms with E-state index in [4.69, 9.17) is 5.11 Å². The van der Waals surface area contributed by atoms with Crippen LogP contribution in [0.3, 0.4) is 0 Å². The van der Waals surface area contributed by atoms with Crippen molar-refractivity contribution < 1.29 is 5.11 Å². The van der Waals surface area contributed by atoms with Crippen molar-refractivity contribution in [2.24, 2.45) is 0 Å². The molecular weight excluding hydrogens is 203 g/mol. The van der Waals surface area contributed by atoms with Gasteiger partial charge in [0.05, 0.1) is 0 Å². The Labute approximate surface area is 93.3 Å². The molecule has 0 unspecified atom stereocenters. The van der Waals surface area contributed by atoms with Crippen LogP contribution in [0.15, 0.2) is 30.3 Å². The van der Waals surface area contributed by atoms with Gasteiger partial charge in [0.25, 0.3) is 0 Å². The first-order valence-corrected chi connectivity index (χ1v) is 7.44. The Morgan fingerprint density at radius 1 is 1.27 bits per heavy atom. The lowest BCUT2D eigenvalue weighted by Gasteiger charge is -2.20. The van der Waals surface area contributed by atoms with Crippen LogP contribution in [-0.2, 0) is 0 Å². The van der Waals surface area contributed by atoms with E-state index >= 15 is 0 Å². The van der Waals surface area contributed by atoms with Crippen molar-refractivity contribution in [2.75, 3.05) is 12.8 Å². The van der Waals surface area contributed by atoms with E-state index in [1.807, 2.05) is 0 Å². The predicted molar refractivity (Wildman–Crippen MR) is 67.2 cm³/mol. The highest BCUT2D eigenvalue weighted by atomic mass is 31.1. The third kappa shape index (κ3) is 2.80. The second kappa shape index (κ2) is 5.63. The topological polar surface area (TPSA) is 20.2 Å². The zero-order valence-corrected chi connectivity index (χ0v) is 10.00. The molecule has 0 spiro atoms. The molecule has 0 saturated carbocycles. The molecule has 1 saturated heterocycles. The standard InChI is InChI=1S/C13H19OP/c14-10-4-8-13-9-5-11-15(13)12-6-2-1-3-7-12/h1-3,6-7,13-14H,4-5,8-11H2/t13-,15+/m1/s1. The minimum atomic E-state index is 0.0736. The zero-order chi connectivity index (χ0) is 10.5. The third-order valence-corrected chi connectivity index (χ3v) is 6.32. The Balaban J connectivity index is 2.01. The van der Waals surface area contributed by atoms with E-state index in [0.717, 1.165) is 12.1 Å². The summed E-state index contributed by atoms with van der Waals surface area (Å²) < 4.78 is 0. The van der Waals surface area contributed by atoms with Crippen molar-refractivity contribution in [1.29, 1.82) is 0 Å². The van der Waals surface area contributed by atoms with Crippen LogP contribution in [0.1, 0.15) is 25.7 Å². The summed E-state index contributed by atoms with van der Waals surface area (Å²) in [5, 5.41) is 10.5. The number of aliphatic hydroxyl groups excluding tert-OH is 1. The quantitative estimate of drug-likeness (QED) is 0.777. The molecule has 1 heterocycles. The van der Waals surface area contributed by atoms with E-state index in [2.05, 4.69) is 30.3 Å². The highest BCUT2D eigenvalue weighted by molar-refractivity contribution is 7.66. The first kappa shape index (κ1) is 11.1. The maximum absolute atomic E-state index is 8.89. The molecule has 0 bridgehead atoms. The molecule has 0 amide bonds. The molecule has 0 aliphatic carbocycles. The second-order valence-corrected chi connectivity index (χ2v) is 6.82. The third-order valence-electron chi connectivity index (χ3n) is 3.16. The second-order valence-electron chi connectivity index (χ2n) is 4.19. The SMILES string of the molecule is OCCC[C@@H]1CCC[P@@]1c1ccccc1. The molecule has 2 rings (SSSR count). The maximum Gasteiger partial charge on any atom is 0.0431 e. The fourth-order valence-corrected chi connectivity index (χ4v) is 5.53. The lowest BCUT2D eigenvalue weighted by molar-refractivity contribution is 0.283. The summed E-state index contributed by atoms with van der Waals surface area (Å²) >= 11 is 0. The van der Waals surface area contributed by atoms with Gasteiger partial charge in [0.15, 0.2) is 0 Å². The Bertz CT molecular complexity index is 286. The molecular formula is C13H19OP. The maximum atomic E-state index is 8.89. The molecule has 2 atom stereocenters. The summed E-state index contributed by atoms with van der Waals surface area (Å²) in [5.41, 5.74) is 0.870. The average Bonchev–Trinajstić information content (AvgIpc) is 2.75. The summed E-state index contributed by atoms with van der Waals surface area (Å²) in [5.74, 6) is 0. The highest BCUT2D eigenvalue weighted by Gasteiger charge is 2.27. The Kier molecular flexibility index (Phi) is 4.17. The van der Waals surface area contributed by atoms with Crippen LogP contribution in [0.25, 0.3) is 0 Å². The molecule has 1 nitrogen and oxygen atoms in total. The van der Waals surface area contributed by atoms with E-state index < -0.39 is 0 Å². The number of rotatable bonds is 4. The van der Waals surface area contributed by atoms with Gasteiger partial charge in [-0.05, 0) is 42.8 Å². The molecule has 1 fully saturated rings. The molecule has 0 radical (unpaired) electrons. The van der Waals surface area contributed by atoms with E-state index in [1.165, 1.54) is 25.4 Å². The van der Waals surface area contributed by atoms with Crippen LogP contribution in [0.2, 0.25) is 0 Å². The van der Waals surface area contributed by atoms with Gasteiger partial charge >= 0.3 is 0 Å². The molecule has 82 valence electrons. The van der Waals surface area contributed by atoms with Crippen molar-refractivity contribution in [3.8, 4) is 0 Å². The van der Waals surface area contributed by atoms with Gasteiger partial charge in [-0.15, -0.1) is 0 Å². The lowest BCUT2D eigenvalue weighted by atomic mass is 10.2. The number of hydrogen-bond donors (Lipinski definition) is 1. The van der Waals surface area contributed by atoms with Crippen molar-refractivity contribution in [2.45, 2.75) is 31.3 Å². The van der Waals surface area contributed by atoms with Crippen LogP contribution in [0.4, 0.5) is 0 Å². The van der Waals surface area contributed by atoms with Crippen LogP contribution in [0, 0.1) is 0 Å². The Morgan fingerprint density at radius 2 is 2.07 bits per heavy atom. The minimum absolute atomic E-state index is 0.0736. The highest BCUT2D eigenvalue weighted by Crippen LogP contribution is 2.50. The van der Waals surface area contributed by atoms with Gasteiger partial charge < -0.3 is 5.11 Å². The van der Waals surface area contributed by atoms with Gasteiger partial charge in [-0.3, -0.25) is 0 Å². The fraction of sp³-hybridized carbons (Fsp3) is 0.538. The van der Waals surface area contributed by atoms with Crippen LogP contribution >= 0.6 is 7.92 Å². The Hall–Kier alpha value is -0.390. The summed E-state index contributed by atoms with van der Waals surface area (Å²) in [6.45, 7) is 0.356. The molecule has 0 aromatic heterocycles. The summed E-state index contributed by atoms with van der Waals surface area (Å²) in [4.78, 5) is 0. The molecule has 1 aliphatic rings.